The van der Waals surface area contributed by atoms with Crippen molar-refractivity contribution in [3.8, 4) is 5.75 Å². The zero-order valence-corrected chi connectivity index (χ0v) is 11.0. The van der Waals surface area contributed by atoms with Crippen LogP contribution in [0.25, 0.3) is 0 Å². The Kier molecular flexibility index (Phi) is 3.88. The molecule has 4 heteroatoms. The van der Waals surface area contributed by atoms with E-state index in [4.69, 9.17) is 15.2 Å². The van der Waals surface area contributed by atoms with Crippen molar-refractivity contribution in [1.29, 1.82) is 0 Å². The van der Waals surface area contributed by atoms with Crippen LogP contribution in [0, 0.1) is 5.82 Å². The van der Waals surface area contributed by atoms with Gasteiger partial charge in [-0.1, -0.05) is 25.0 Å². The lowest BCUT2D eigenvalue weighted by Crippen LogP contribution is -2.33. The fraction of sp³-hybridized carbons (Fsp3) is 0.571. The van der Waals surface area contributed by atoms with Gasteiger partial charge in [0.05, 0.1) is 13.7 Å². The number of nitrogens with two attached hydrogens (primary N) is 1. The zero-order valence-electron chi connectivity index (χ0n) is 11.0. The van der Waals surface area contributed by atoms with E-state index in [-0.39, 0.29) is 18.2 Å². The number of rotatable bonds is 4. The summed E-state index contributed by atoms with van der Waals surface area (Å²) in [5.41, 5.74) is 7.20. The van der Waals surface area contributed by atoms with Gasteiger partial charge >= 0.3 is 0 Å². The molecule has 0 unspecified atom stereocenters. The van der Waals surface area contributed by atoms with Gasteiger partial charge in [-0.25, -0.2) is 4.39 Å². The molecule has 1 aromatic rings. The molecule has 0 saturated heterocycles. The maximum absolute atomic E-state index is 14.3. The summed E-state index contributed by atoms with van der Waals surface area (Å²) in [6, 6.07) is 3.62. The summed E-state index contributed by atoms with van der Waals surface area (Å²) in [5, 5.41) is 0. The van der Waals surface area contributed by atoms with Crippen molar-refractivity contribution in [2.24, 2.45) is 5.73 Å². The molecular formula is C14H20FNO2. The van der Waals surface area contributed by atoms with Gasteiger partial charge in [-0.2, -0.15) is 0 Å². The Morgan fingerprint density at radius 3 is 2.50 bits per heavy atom. The Balaban J connectivity index is 2.45. The molecule has 0 radical (unpaired) electrons. The normalized spacial score (nSPS) is 18.0. The van der Waals surface area contributed by atoms with Crippen LogP contribution in [0.2, 0.25) is 0 Å². The lowest BCUT2D eigenvalue weighted by atomic mass is 9.88. The highest BCUT2D eigenvalue weighted by Gasteiger charge is 2.35. The molecule has 0 heterocycles. The van der Waals surface area contributed by atoms with Crippen LogP contribution in [0.1, 0.15) is 36.8 Å². The first-order chi connectivity index (χ1) is 8.62. The van der Waals surface area contributed by atoms with Crippen molar-refractivity contribution < 1.29 is 13.9 Å². The van der Waals surface area contributed by atoms with Gasteiger partial charge in [-0.3, -0.25) is 0 Å². The molecule has 2 rings (SSSR count). The maximum atomic E-state index is 14.3. The van der Waals surface area contributed by atoms with E-state index in [1.54, 1.807) is 13.2 Å². The molecular weight excluding hydrogens is 233 g/mol. The van der Waals surface area contributed by atoms with E-state index in [0.29, 0.717) is 5.56 Å². The average molecular weight is 253 g/mol. The number of benzene rings is 1. The zero-order chi connectivity index (χ0) is 13.2. The minimum atomic E-state index is -0.447. The van der Waals surface area contributed by atoms with E-state index in [0.717, 1.165) is 31.2 Å². The maximum Gasteiger partial charge on any atom is 0.170 e. The quantitative estimate of drug-likeness (QED) is 0.897. The van der Waals surface area contributed by atoms with Crippen LogP contribution < -0.4 is 10.5 Å². The number of hydrogen-bond donors (Lipinski definition) is 1. The molecule has 1 aliphatic carbocycles. The van der Waals surface area contributed by atoms with Gasteiger partial charge in [0.1, 0.15) is 0 Å². The monoisotopic (exact) mass is 253 g/mol. The molecule has 1 aliphatic rings. The summed E-state index contributed by atoms with van der Waals surface area (Å²) in [4.78, 5) is 0. The molecule has 18 heavy (non-hydrogen) atoms. The molecule has 0 aliphatic heterocycles. The summed E-state index contributed by atoms with van der Waals surface area (Å²) in [6.45, 7) is 0.236. The molecule has 0 bridgehead atoms. The predicted molar refractivity (Wildman–Crippen MR) is 68.0 cm³/mol. The Bertz CT molecular complexity index is 428. The summed E-state index contributed by atoms with van der Waals surface area (Å²) in [5.74, 6) is -0.0810. The number of ether oxygens (including phenoxy) is 2. The molecule has 0 aromatic heterocycles. The standard InChI is InChI=1S/C14H20FNO2/c1-17-9-10-5-6-11(13(18-2)12(10)15)14(16)7-3-4-8-14/h5-6H,3-4,7-9,16H2,1-2H3. The lowest BCUT2D eigenvalue weighted by molar-refractivity contribution is 0.180. The second-order valence-electron chi connectivity index (χ2n) is 4.92. The van der Waals surface area contributed by atoms with Crippen molar-refractivity contribution in [2.75, 3.05) is 14.2 Å². The molecule has 100 valence electrons. The molecule has 1 saturated carbocycles. The van der Waals surface area contributed by atoms with Gasteiger partial charge in [-0.15, -0.1) is 0 Å². The minimum Gasteiger partial charge on any atom is -0.493 e. The van der Waals surface area contributed by atoms with Crippen LogP contribution in [-0.4, -0.2) is 14.2 Å². The fourth-order valence-corrected chi connectivity index (χ4v) is 2.73. The highest BCUT2D eigenvalue weighted by atomic mass is 19.1. The van der Waals surface area contributed by atoms with Crippen LogP contribution in [0.5, 0.6) is 5.75 Å². The van der Waals surface area contributed by atoms with E-state index in [9.17, 15) is 4.39 Å². The molecule has 2 N–H and O–H groups in total. The Hall–Kier alpha value is -1.13. The first kappa shape index (κ1) is 13.3. The summed E-state index contributed by atoms with van der Waals surface area (Å²) < 4.78 is 24.5. The van der Waals surface area contributed by atoms with E-state index in [1.807, 2.05) is 6.07 Å². The number of hydrogen-bond acceptors (Lipinski definition) is 3. The molecule has 1 aromatic carbocycles. The summed E-state index contributed by atoms with van der Waals surface area (Å²) in [7, 11) is 3.03. The van der Waals surface area contributed by atoms with Crippen LogP contribution in [-0.2, 0) is 16.9 Å². The van der Waals surface area contributed by atoms with E-state index >= 15 is 0 Å². The van der Waals surface area contributed by atoms with E-state index in [1.165, 1.54) is 7.11 Å². The second-order valence-corrected chi connectivity index (χ2v) is 4.92. The Morgan fingerprint density at radius 1 is 1.28 bits per heavy atom. The van der Waals surface area contributed by atoms with Crippen molar-refractivity contribution in [3.05, 3.63) is 29.1 Å². The Labute approximate surface area is 107 Å². The van der Waals surface area contributed by atoms with Crippen LogP contribution >= 0.6 is 0 Å². The Morgan fingerprint density at radius 2 is 1.94 bits per heavy atom. The average Bonchev–Trinajstić information content (AvgIpc) is 2.80. The largest absolute Gasteiger partial charge is 0.493 e. The van der Waals surface area contributed by atoms with Gasteiger partial charge in [0.2, 0.25) is 0 Å². The van der Waals surface area contributed by atoms with Gasteiger partial charge in [-0.05, 0) is 12.8 Å². The van der Waals surface area contributed by atoms with Gasteiger partial charge < -0.3 is 15.2 Å². The molecule has 0 amide bonds. The van der Waals surface area contributed by atoms with Crippen LogP contribution in [0.3, 0.4) is 0 Å². The smallest absolute Gasteiger partial charge is 0.170 e. The third-order valence-electron chi connectivity index (χ3n) is 3.71. The van der Waals surface area contributed by atoms with E-state index < -0.39 is 5.54 Å². The van der Waals surface area contributed by atoms with Crippen LogP contribution in [0.15, 0.2) is 12.1 Å². The highest BCUT2D eigenvalue weighted by molar-refractivity contribution is 5.44. The fourth-order valence-electron chi connectivity index (χ4n) is 2.73. The van der Waals surface area contributed by atoms with E-state index in [2.05, 4.69) is 0 Å². The van der Waals surface area contributed by atoms with Crippen molar-refractivity contribution in [3.63, 3.8) is 0 Å². The van der Waals surface area contributed by atoms with Crippen LogP contribution in [0.4, 0.5) is 4.39 Å². The van der Waals surface area contributed by atoms with Gasteiger partial charge in [0.15, 0.2) is 11.6 Å². The molecule has 0 atom stereocenters. The van der Waals surface area contributed by atoms with Crippen molar-refractivity contribution >= 4 is 0 Å². The molecule has 1 fully saturated rings. The number of methoxy groups -OCH3 is 2. The summed E-state index contributed by atoms with van der Waals surface area (Å²) in [6.07, 6.45) is 3.93. The first-order valence-corrected chi connectivity index (χ1v) is 6.26. The third-order valence-corrected chi connectivity index (χ3v) is 3.71. The highest BCUT2D eigenvalue weighted by Crippen LogP contribution is 2.42. The molecule has 3 nitrogen and oxygen atoms in total. The SMILES string of the molecule is COCc1ccc(C2(N)CCCC2)c(OC)c1F. The van der Waals surface area contributed by atoms with Crippen molar-refractivity contribution in [2.45, 2.75) is 37.8 Å². The van der Waals surface area contributed by atoms with Gasteiger partial charge in [0, 0.05) is 23.8 Å². The number of halogens is 1. The topological polar surface area (TPSA) is 44.5 Å². The van der Waals surface area contributed by atoms with Gasteiger partial charge in [0.25, 0.3) is 0 Å². The lowest BCUT2D eigenvalue weighted by Gasteiger charge is -2.27. The minimum absolute atomic E-state index is 0.236. The summed E-state index contributed by atoms with van der Waals surface area (Å²) >= 11 is 0. The van der Waals surface area contributed by atoms with Crippen molar-refractivity contribution in [1.82, 2.24) is 0 Å². The second kappa shape index (κ2) is 5.24. The third kappa shape index (κ3) is 2.22. The molecule has 0 spiro atoms. The predicted octanol–water partition coefficient (Wildman–Crippen LogP) is 2.71. The first-order valence-electron chi connectivity index (χ1n) is 6.26.